The standard InChI is InChI=1S/C11H16O4/c1-10-6-9(14)15-11(10,2)4-3-7(10)5-8(12)13/h7H,3-6H2,1-2H3,(H,12,13)/t7-,10-,11+/m1/s1. The van der Waals surface area contributed by atoms with Crippen LogP contribution in [0.1, 0.15) is 39.5 Å². The molecule has 0 aromatic rings. The normalized spacial score (nSPS) is 43.9. The van der Waals surface area contributed by atoms with E-state index in [1.807, 2.05) is 13.8 Å². The Morgan fingerprint density at radius 3 is 2.87 bits per heavy atom. The molecular weight excluding hydrogens is 196 g/mol. The van der Waals surface area contributed by atoms with Gasteiger partial charge in [0.25, 0.3) is 0 Å². The van der Waals surface area contributed by atoms with Crippen molar-refractivity contribution in [3.05, 3.63) is 0 Å². The lowest BCUT2D eigenvalue weighted by Gasteiger charge is -2.35. The molecule has 0 aromatic carbocycles. The summed E-state index contributed by atoms with van der Waals surface area (Å²) in [5.41, 5.74) is -0.729. The molecule has 2 fully saturated rings. The van der Waals surface area contributed by atoms with Crippen molar-refractivity contribution in [2.24, 2.45) is 11.3 Å². The van der Waals surface area contributed by atoms with Crippen LogP contribution in [0.5, 0.6) is 0 Å². The molecule has 4 nitrogen and oxygen atoms in total. The minimum atomic E-state index is -0.787. The van der Waals surface area contributed by atoms with Gasteiger partial charge in [-0.1, -0.05) is 6.92 Å². The Labute approximate surface area is 88.6 Å². The van der Waals surface area contributed by atoms with E-state index in [1.54, 1.807) is 0 Å². The predicted molar refractivity (Wildman–Crippen MR) is 52.2 cm³/mol. The number of ether oxygens (including phenoxy) is 1. The Kier molecular flexibility index (Phi) is 2.07. The first-order chi connectivity index (χ1) is 6.87. The van der Waals surface area contributed by atoms with E-state index in [9.17, 15) is 9.59 Å². The van der Waals surface area contributed by atoms with Gasteiger partial charge >= 0.3 is 11.9 Å². The van der Waals surface area contributed by atoms with Crippen molar-refractivity contribution in [3.8, 4) is 0 Å². The van der Waals surface area contributed by atoms with Gasteiger partial charge in [-0.2, -0.15) is 0 Å². The van der Waals surface area contributed by atoms with E-state index in [2.05, 4.69) is 0 Å². The Morgan fingerprint density at radius 1 is 1.60 bits per heavy atom. The van der Waals surface area contributed by atoms with Crippen LogP contribution < -0.4 is 0 Å². The highest BCUT2D eigenvalue weighted by Gasteiger charge is 2.62. The van der Waals surface area contributed by atoms with E-state index in [0.717, 1.165) is 12.8 Å². The van der Waals surface area contributed by atoms with Gasteiger partial charge in [0.2, 0.25) is 0 Å². The van der Waals surface area contributed by atoms with Crippen LogP contribution in [0.3, 0.4) is 0 Å². The lowest BCUT2D eigenvalue weighted by Crippen LogP contribution is -2.39. The molecule has 84 valence electrons. The second-order valence-electron chi connectivity index (χ2n) is 5.13. The summed E-state index contributed by atoms with van der Waals surface area (Å²) < 4.78 is 5.36. The van der Waals surface area contributed by atoms with Crippen LogP contribution in [-0.4, -0.2) is 22.6 Å². The highest BCUT2D eigenvalue weighted by Crippen LogP contribution is 2.59. The van der Waals surface area contributed by atoms with E-state index >= 15 is 0 Å². The molecule has 1 saturated heterocycles. The number of carboxylic acid groups (broad SMARTS) is 1. The first-order valence-electron chi connectivity index (χ1n) is 5.31. The second-order valence-corrected chi connectivity index (χ2v) is 5.13. The van der Waals surface area contributed by atoms with Gasteiger partial charge in [0.05, 0.1) is 6.42 Å². The maximum atomic E-state index is 11.3. The molecular formula is C11H16O4. The number of carboxylic acids is 1. The molecule has 1 heterocycles. The van der Waals surface area contributed by atoms with Crippen molar-refractivity contribution >= 4 is 11.9 Å². The molecule has 0 spiro atoms. The van der Waals surface area contributed by atoms with E-state index in [4.69, 9.17) is 9.84 Å². The molecule has 15 heavy (non-hydrogen) atoms. The van der Waals surface area contributed by atoms with Crippen LogP contribution in [0.25, 0.3) is 0 Å². The Hall–Kier alpha value is -1.06. The Bertz CT molecular complexity index is 325. The fourth-order valence-electron chi connectivity index (χ4n) is 3.11. The lowest BCUT2D eigenvalue weighted by atomic mass is 9.70. The zero-order valence-corrected chi connectivity index (χ0v) is 9.08. The van der Waals surface area contributed by atoms with Crippen molar-refractivity contribution in [1.82, 2.24) is 0 Å². The van der Waals surface area contributed by atoms with E-state index < -0.39 is 11.6 Å². The summed E-state index contributed by atoms with van der Waals surface area (Å²) in [7, 11) is 0. The molecule has 0 aromatic heterocycles. The summed E-state index contributed by atoms with van der Waals surface area (Å²) in [6, 6.07) is 0. The average Bonchev–Trinajstić information content (AvgIpc) is 2.42. The molecule has 4 heteroatoms. The third-order valence-electron chi connectivity index (χ3n) is 4.35. The second kappa shape index (κ2) is 2.97. The van der Waals surface area contributed by atoms with Crippen molar-refractivity contribution in [2.45, 2.75) is 45.1 Å². The number of fused-ring (bicyclic) bond motifs is 1. The van der Waals surface area contributed by atoms with Gasteiger partial charge in [0.15, 0.2) is 0 Å². The number of carbonyl (C=O) groups excluding carboxylic acids is 1. The number of rotatable bonds is 2. The topological polar surface area (TPSA) is 63.6 Å². The van der Waals surface area contributed by atoms with Gasteiger partial charge in [-0.05, 0) is 25.7 Å². The van der Waals surface area contributed by atoms with Crippen LogP contribution >= 0.6 is 0 Å². The van der Waals surface area contributed by atoms with Gasteiger partial charge in [-0.15, -0.1) is 0 Å². The smallest absolute Gasteiger partial charge is 0.307 e. The van der Waals surface area contributed by atoms with Crippen LogP contribution in [0.2, 0.25) is 0 Å². The zero-order valence-electron chi connectivity index (χ0n) is 9.08. The molecule has 0 bridgehead atoms. The molecule has 3 atom stereocenters. The van der Waals surface area contributed by atoms with Crippen LogP contribution in [0.15, 0.2) is 0 Å². The van der Waals surface area contributed by atoms with Gasteiger partial charge in [-0.3, -0.25) is 9.59 Å². The van der Waals surface area contributed by atoms with Crippen LogP contribution in [0.4, 0.5) is 0 Å². The summed E-state index contributed by atoms with van der Waals surface area (Å²) in [5.74, 6) is -0.911. The highest BCUT2D eigenvalue weighted by molar-refractivity contribution is 5.75. The minimum Gasteiger partial charge on any atom is -0.481 e. The number of esters is 1. The summed E-state index contributed by atoms with van der Waals surface area (Å²) in [5, 5.41) is 8.83. The first-order valence-corrected chi connectivity index (χ1v) is 5.31. The maximum Gasteiger partial charge on any atom is 0.307 e. The maximum absolute atomic E-state index is 11.3. The third-order valence-corrected chi connectivity index (χ3v) is 4.35. The molecule has 1 aliphatic heterocycles. The summed E-state index contributed by atoms with van der Waals surface area (Å²) >= 11 is 0. The average molecular weight is 212 g/mol. The highest BCUT2D eigenvalue weighted by atomic mass is 16.6. The van der Waals surface area contributed by atoms with Crippen molar-refractivity contribution in [1.29, 1.82) is 0 Å². The zero-order chi connectivity index (χ0) is 11.3. The molecule has 2 rings (SSSR count). The van der Waals surface area contributed by atoms with Gasteiger partial charge < -0.3 is 9.84 Å². The van der Waals surface area contributed by atoms with E-state index in [-0.39, 0.29) is 23.7 Å². The van der Waals surface area contributed by atoms with Gasteiger partial charge in [0.1, 0.15) is 5.60 Å². The third kappa shape index (κ3) is 1.34. The molecule has 1 saturated carbocycles. The summed E-state index contributed by atoms with van der Waals surface area (Å²) in [4.78, 5) is 22.1. The monoisotopic (exact) mass is 212 g/mol. The van der Waals surface area contributed by atoms with Crippen molar-refractivity contribution < 1.29 is 19.4 Å². The minimum absolute atomic E-state index is 0.0615. The number of carbonyl (C=O) groups is 2. The van der Waals surface area contributed by atoms with Crippen molar-refractivity contribution in [2.75, 3.05) is 0 Å². The van der Waals surface area contributed by atoms with Gasteiger partial charge in [0, 0.05) is 11.8 Å². The number of hydrogen-bond acceptors (Lipinski definition) is 3. The molecule has 0 radical (unpaired) electrons. The predicted octanol–water partition coefficient (Wildman–Crippen LogP) is 1.58. The summed E-state index contributed by atoms with van der Waals surface area (Å²) in [6.07, 6.45) is 2.13. The van der Waals surface area contributed by atoms with Gasteiger partial charge in [-0.25, -0.2) is 0 Å². The fraction of sp³-hybridized carbons (Fsp3) is 0.818. The number of aliphatic carboxylic acids is 1. The lowest BCUT2D eigenvalue weighted by molar-refractivity contribution is -0.148. The SMILES string of the molecule is C[C@]12CC[C@H](CC(=O)O)[C@@]1(C)CC(=O)O2. The fourth-order valence-corrected chi connectivity index (χ4v) is 3.11. The first kappa shape index (κ1) is 10.5. The molecule has 0 amide bonds. The Morgan fingerprint density at radius 2 is 2.27 bits per heavy atom. The summed E-state index contributed by atoms with van der Waals surface area (Å²) in [6.45, 7) is 3.91. The molecule has 2 aliphatic rings. The van der Waals surface area contributed by atoms with Crippen LogP contribution in [0, 0.1) is 11.3 Å². The Balaban J connectivity index is 2.25. The van der Waals surface area contributed by atoms with E-state index in [1.165, 1.54) is 0 Å². The largest absolute Gasteiger partial charge is 0.481 e. The molecule has 0 unspecified atom stereocenters. The molecule has 1 N–H and O–H groups in total. The molecule has 1 aliphatic carbocycles. The quantitative estimate of drug-likeness (QED) is 0.706. The van der Waals surface area contributed by atoms with Crippen LogP contribution in [-0.2, 0) is 14.3 Å². The number of hydrogen-bond donors (Lipinski definition) is 1. The van der Waals surface area contributed by atoms with Crippen molar-refractivity contribution in [3.63, 3.8) is 0 Å². The van der Waals surface area contributed by atoms with E-state index in [0.29, 0.717) is 6.42 Å².